The van der Waals surface area contributed by atoms with Crippen LogP contribution >= 0.6 is 0 Å². The predicted octanol–water partition coefficient (Wildman–Crippen LogP) is 0.995. The fourth-order valence-corrected chi connectivity index (χ4v) is 2.54. The molecule has 0 aliphatic carbocycles. The number of carbonyl (C=O) groups is 2. The van der Waals surface area contributed by atoms with Crippen molar-refractivity contribution in [3.05, 3.63) is 28.8 Å². The first-order valence-electron chi connectivity index (χ1n) is 6.16. The summed E-state index contributed by atoms with van der Waals surface area (Å²) >= 11 is 0. The highest BCUT2D eigenvalue weighted by Gasteiger charge is 2.42. The van der Waals surface area contributed by atoms with E-state index in [0.29, 0.717) is 0 Å². The van der Waals surface area contributed by atoms with Crippen molar-refractivity contribution in [3.8, 4) is 0 Å². The van der Waals surface area contributed by atoms with Crippen LogP contribution < -0.4 is 10.6 Å². The van der Waals surface area contributed by atoms with Gasteiger partial charge in [0.25, 0.3) is 0 Å². The number of nitrogens with two attached hydrogens (primary N) is 1. The molecule has 3 N–H and O–H groups in total. The first-order valence-corrected chi connectivity index (χ1v) is 6.16. The zero-order valence-corrected chi connectivity index (χ0v) is 11.4. The van der Waals surface area contributed by atoms with E-state index in [1.165, 1.54) is 11.8 Å². The summed E-state index contributed by atoms with van der Waals surface area (Å²) in [6.07, 6.45) is 0.239. The van der Waals surface area contributed by atoms with E-state index >= 15 is 0 Å². The Hall–Kier alpha value is -1.88. The zero-order valence-electron chi connectivity index (χ0n) is 11.4. The van der Waals surface area contributed by atoms with Gasteiger partial charge in [-0.3, -0.25) is 9.59 Å². The van der Waals surface area contributed by atoms with Crippen LogP contribution in [0.1, 0.15) is 23.6 Å². The van der Waals surface area contributed by atoms with Crippen LogP contribution in [-0.2, 0) is 16.0 Å². The third kappa shape index (κ3) is 2.10. The minimum Gasteiger partial charge on any atom is -0.480 e. The predicted molar refractivity (Wildman–Crippen MR) is 72.2 cm³/mol. The Balaban J connectivity index is 2.62. The number of fused-ring (bicyclic) bond motifs is 1. The number of hydrogen-bond acceptors (Lipinski definition) is 3. The molecule has 0 bridgehead atoms. The first-order chi connectivity index (χ1) is 8.76. The number of rotatable bonds is 1. The molecule has 1 unspecified atom stereocenters. The van der Waals surface area contributed by atoms with Crippen LogP contribution in [0.2, 0.25) is 0 Å². The summed E-state index contributed by atoms with van der Waals surface area (Å²) in [6.45, 7) is 5.35. The average molecular weight is 262 g/mol. The first kappa shape index (κ1) is 13.5. The molecule has 1 aromatic carbocycles. The van der Waals surface area contributed by atoms with Gasteiger partial charge in [0, 0.05) is 13.3 Å². The fraction of sp³-hybridized carbons (Fsp3) is 0.429. The van der Waals surface area contributed by atoms with Crippen molar-refractivity contribution in [3.63, 3.8) is 0 Å². The summed E-state index contributed by atoms with van der Waals surface area (Å²) in [5, 5.41) is 9.28. The smallest absolute Gasteiger partial charge is 0.325 e. The lowest BCUT2D eigenvalue weighted by atomic mass is 9.84. The number of anilines is 1. The second-order valence-electron chi connectivity index (χ2n) is 5.26. The topological polar surface area (TPSA) is 83.6 Å². The summed E-state index contributed by atoms with van der Waals surface area (Å²) in [5.41, 5.74) is 8.23. The Morgan fingerprint density at radius 2 is 2.00 bits per heavy atom. The van der Waals surface area contributed by atoms with Gasteiger partial charge in [0.05, 0.1) is 12.2 Å². The molecule has 0 saturated heterocycles. The lowest BCUT2D eigenvalue weighted by Gasteiger charge is -2.39. The van der Waals surface area contributed by atoms with Crippen LogP contribution in [0.15, 0.2) is 12.1 Å². The van der Waals surface area contributed by atoms with Crippen molar-refractivity contribution < 1.29 is 14.7 Å². The van der Waals surface area contributed by atoms with Crippen molar-refractivity contribution in [1.82, 2.24) is 0 Å². The molecule has 19 heavy (non-hydrogen) atoms. The van der Waals surface area contributed by atoms with Crippen LogP contribution in [0.25, 0.3) is 0 Å². The molecule has 0 aromatic heterocycles. The maximum atomic E-state index is 11.8. The summed E-state index contributed by atoms with van der Waals surface area (Å²) in [6, 6.07) is 3.79. The number of carboxylic acids is 1. The lowest BCUT2D eigenvalue weighted by Crippen LogP contribution is -2.61. The van der Waals surface area contributed by atoms with Crippen molar-refractivity contribution in [1.29, 1.82) is 0 Å². The minimum absolute atomic E-state index is 0.00889. The van der Waals surface area contributed by atoms with Crippen LogP contribution in [0, 0.1) is 13.8 Å². The molecule has 1 aromatic rings. The van der Waals surface area contributed by atoms with E-state index in [-0.39, 0.29) is 18.9 Å². The molecule has 1 atom stereocenters. The SMILES string of the molecule is CC(=O)N1CC(N)(C(=O)O)Cc2ccc(C)c(C)c21. The molecule has 0 fully saturated rings. The Morgan fingerprint density at radius 3 is 2.53 bits per heavy atom. The average Bonchev–Trinajstić information content (AvgIpc) is 2.32. The standard InChI is InChI=1S/C14H18N2O3/c1-8-4-5-11-6-14(15,13(18)19)7-16(10(3)17)12(11)9(8)2/h4-5H,6-7,15H2,1-3H3,(H,18,19). The van der Waals surface area contributed by atoms with E-state index in [9.17, 15) is 14.7 Å². The molecule has 102 valence electrons. The van der Waals surface area contributed by atoms with Crippen molar-refractivity contribution >= 4 is 17.6 Å². The summed E-state index contributed by atoms with van der Waals surface area (Å²) in [5.74, 6) is -1.27. The van der Waals surface area contributed by atoms with Crippen LogP contribution in [0.5, 0.6) is 0 Å². The zero-order chi connectivity index (χ0) is 14.4. The summed E-state index contributed by atoms with van der Waals surface area (Å²) in [4.78, 5) is 24.6. The lowest BCUT2D eigenvalue weighted by molar-refractivity contribution is -0.143. The third-order valence-corrected chi connectivity index (χ3v) is 3.81. The second kappa shape index (κ2) is 4.35. The quantitative estimate of drug-likeness (QED) is 0.790. The number of carboxylic acid groups (broad SMARTS) is 1. The van der Waals surface area contributed by atoms with E-state index in [1.807, 2.05) is 26.0 Å². The number of nitrogens with zero attached hydrogens (tertiary/aromatic N) is 1. The van der Waals surface area contributed by atoms with Crippen LogP contribution in [0.4, 0.5) is 5.69 Å². The van der Waals surface area contributed by atoms with Crippen LogP contribution in [0.3, 0.4) is 0 Å². The van der Waals surface area contributed by atoms with Gasteiger partial charge in [0.1, 0.15) is 5.54 Å². The molecule has 0 saturated carbocycles. The molecule has 0 spiro atoms. The van der Waals surface area contributed by atoms with Crippen molar-refractivity contribution in [2.75, 3.05) is 11.4 Å². The largest absolute Gasteiger partial charge is 0.480 e. The number of benzene rings is 1. The number of aryl methyl sites for hydroxylation is 1. The van der Waals surface area contributed by atoms with Gasteiger partial charge in [-0.1, -0.05) is 12.1 Å². The molecule has 0 radical (unpaired) electrons. The Kier molecular flexibility index (Phi) is 3.10. The van der Waals surface area contributed by atoms with E-state index in [2.05, 4.69) is 0 Å². The molecule has 1 aliphatic heterocycles. The maximum Gasteiger partial charge on any atom is 0.325 e. The second-order valence-corrected chi connectivity index (χ2v) is 5.26. The van der Waals surface area contributed by atoms with E-state index in [0.717, 1.165) is 22.4 Å². The van der Waals surface area contributed by atoms with Gasteiger partial charge in [0.2, 0.25) is 5.91 Å². The van der Waals surface area contributed by atoms with Crippen LogP contribution in [-0.4, -0.2) is 29.1 Å². The Labute approximate surface area is 112 Å². The van der Waals surface area contributed by atoms with Gasteiger partial charge in [-0.15, -0.1) is 0 Å². The third-order valence-electron chi connectivity index (χ3n) is 3.81. The van der Waals surface area contributed by atoms with Crippen molar-refractivity contribution in [2.45, 2.75) is 32.7 Å². The molecule has 1 amide bonds. The monoisotopic (exact) mass is 262 g/mol. The number of hydrogen-bond donors (Lipinski definition) is 2. The maximum absolute atomic E-state index is 11.8. The fourth-order valence-electron chi connectivity index (χ4n) is 2.54. The molecule has 5 heteroatoms. The van der Waals surface area contributed by atoms with Gasteiger partial charge in [0.15, 0.2) is 0 Å². The molecular weight excluding hydrogens is 244 g/mol. The van der Waals surface area contributed by atoms with Gasteiger partial charge in [-0.2, -0.15) is 0 Å². The van der Waals surface area contributed by atoms with Crippen molar-refractivity contribution in [2.24, 2.45) is 5.73 Å². The van der Waals surface area contributed by atoms with E-state index in [1.54, 1.807) is 0 Å². The summed E-state index contributed by atoms with van der Waals surface area (Å²) in [7, 11) is 0. The normalized spacial score (nSPS) is 22.0. The molecular formula is C14H18N2O3. The minimum atomic E-state index is -1.42. The van der Waals surface area contributed by atoms with Gasteiger partial charge < -0.3 is 15.7 Å². The number of amides is 1. The highest BCUT2D eigenvalue weighted by atomic mass is 16.4. The highest BCUT2D eigenvalue weighted by Crippen LogP contribution is 2.35. The Bertz CT molecular complexity index is 568. The number of carbonyl (C=O) groups excluding carboxylic acids is 1. The van der Waals surface area contributed by atoms with E-state index in [4.69, 9.17) is 5.73 Å². The molecule has 5 nitrogen and oxygen atoms in total. The Morgan fingerprint density at radius 1 is 1.37 bits per heavy atom. The molecule has 2 rings (SSSR count). The molecule has 1 heterocycles. The van der Waals surface area contributed by atoms with Gasteiger partial charge in [-0.25, -0.2) is 0 Å². The van der Waals surface area contributed by atoms with E-state index < -0.39 is 11.5 Å². The molecule has 1 aliphatic rings. The van der Waals surface area contributed by atoms with Gasteiger partial charge in [-0.05, 0) is 30.5 Å². The summed E-state index contributed by atoms with van der Waals surface area (Å²) < 4.78 is 0. The van der Waals surface area contributed by atoms with Gasteiger partial charge >= 0.3 is 5.97 Å². The highest BCUT2D eigenvalue weighted by molar-refractivity contribution is 5.96. The number of aliphatic carboxylic acids is 1.